The molecule has 1 aromatic carbocycles. The van der Waals surface area contributed by atoms with Crippen LogP contribution in [0.5, 0.6) is 0 Å². The zero-order valence-electron chi connectivity index (χ0n) is 11.3. The van der Waals surface area contributed by atoms with E-state index in [2.05, 4.69) is 15.5 Å². The second kappa shape index (κ2) is 5.88. The first-order valence-electron chi connectivity index (χ1n) is 6.94. The minimum Gasteiger partial charge on any atom is -0.337 e. The minimum absolute atomic E-state index is 0.110. The molecule has 20 heavy (non-hydrogen) atoms. The first-order chi connectivity index (χ1) is 9.84. The standard InChI is InChI=1S/C15H18N4O/c20-15(19-7-2-5-16-6-8-19)13-4-1-3-12(9-13)14-10-17-18-11-14/h1,3-4,9-11,16H,2,5-8H2,(H,17,18). The molecular formula is C15H18N4O. The molecule has 0 unspecified atom stereocenters. The molecule has 0 bridgehead atoms. The van der Waals surface area contributed by atoms with Gasteiger partial charge in [-0.15, -0.1) is 0 Å². The number of H-pyrrole nitrogens is 1. The maximum atomic E-state index is 12.5. The van der Waals surface area contributed by atoms with Crippen molar-refractivity contribution in [2.45, 2.75) is 6.42 Å². The van der Waals surface area contributed by atoms with Crippen LogP contribution in [0.4, 0.5) is 0 Å². The summed E-state index contributed by atoms with van der Waals surface area (Å²) in [6.45, 7) is 3.45. The third kappa shape index (κ3) is 2.72. The molecule has 1 aliphatic heterocycles. The highest BCUT2D eigenvalue weighted by Crippen LogP contribution is 2.19. The maximum absolute atomic E-state index is 12.5. The van der Waals surface area contributed by atoms with Crippen LogP contribution >= 0.6 is 0 Å². The summed E-state index contributed by atoms with van der Waals surface area (Å²) in [5, 5.41) is 10.1. The molecule has 1 aliphatic rings. The third-order valence-electron chi connectivity index (χ3n) is 3.57. The van der Waals surface area contributed by atoms with Crippen molar-refractivity contribution in [3.63, 3.8) is 0 Å². The Morgan fingerprint density at radius 1 is 1.20 bits per heavy atom. The van der Waals surface area contributed by atoms with Crippen molar-refractivity contribution in [2.75, 3.05) is 26.2 Å². The Morgan fingerprint density at radius 3 is 3.00 bits per heavy atom. The van der Waals surface area contributed by atoms with Gasteiger partial charge in [-0.2, -0.15) is 5.10 Å². The molecule has 1 aromatic heterocycles. The number of aromatic amines is 1. The Hall–Kier alpha value is -2.14. The Morgan fingerprint density at radius 2 is 2.15 bits per heavy atom. The Labute approximate surface area is 118 Å². The number of benzene rings is 1. The number of aromatic nitrogens is 2. The molecule has 0 atom stereocenters. The van der Waals surface area contributed by atoms with Crippen molar-refractivity contribution in [2.24, 2.45) is 0 Å². The van der Waals surface area contributed by atoms with Crippen LogP contribution in [0.2, 0.25) is 0 Å². The molecule has 104 valence electrons. The highest BCUT2D eigenvalue weighted by Gasteiger charge is 2.17. The molecule has 3 rings (SSSR count). The molecule has 2 heterocycles. The fourth-order valence-electron chi connectivity index (χ4n) is 2.47. The number of nitrogens with zero attached hydrogens (tertiary/aromatic N) is 2. The van der Waals surface area contributed by atoms with Crippen molar-refractivity contribution < 1.29 is 4.79 Å². The lowest BCUT2D eigenvalue weighted by Crippen LogP contribution is -2.34. The van der Waals surface area contributed by atoms with E-state index in [0.29, 0.717) is 0 Å². The summed E-state index contributed by atoms with van der Waals surface area (Å²) < 4.78 is 0. The lowest BCUT2D eigenvalue weighted by Gasteiger charge is -2.20. The van der Waals surface area contributed by atoms with Gasteiger partial charge in [0.25, 0.3) is 5.91 Å². The van der Waals surface area contributed by atoms with Gasteiger partial charge in [-0.05, 0) is 30.7 Å². The summed E-state index contributed by atoms with van der Waals surface area (Å²) in [7, 11) is 0. The molecule has 1 fully saturated rings. The van der Waals surface area contributed by atoms with E-state index in [1.807, 2.05) is 35.4 Å². The molecule has 5 heteroatoms. The lowest BCUT2D eigenvalue weighted by molar-refractivity contribution is 0.0766. The topological polar surface area (TPSA) is 61.0 Å². The molecule has 0 saturated carbocycles. The second-order valence-electron chi connectivity index (χ2n) is 4.96. The molecular weight excluding hydrogens is 252 g/mol. The predicted molar refractivity (Wildman–Crippen MR) is 77.4 cm³/mol. The van der Waals surface area contributed by atoms with E-state index in [-0.39, 0.29) is 5.91 Å². The molecule has 0 spiro atoms. The van der Waals surface area contributed by atoms with Gasteiger partial charge >= 0.3 is 0 Å². The van der Waals surface area contributed by atoms with Crippen LogP contribution in [0.3, 0.4) is 0 Å². The van der Waals surface area contributed by atoms with E-state index in [9.17, 15) is 4.79 Å². The first-order valence-corrected chi connectivity index (χ1v) is 6.94. The summed E-state index contributed by atoms with van der Waals surface area (Å²) in [5.41, 5.74) is 2.75. The zero-order chi connectivity index (χ0) is 13.8. The van der Waals surface area contributed by atoms with E-state index in [0.717, 1.165) is 49.3 Å². The molecule has 0 radical (unpaired) electrons. The van der Waals surface area contributed by atoms with E-state index in [1.165, 1.54) is 0 Å². The molecule has 1 saturated heterocycles. The largest absolute Gasteiger partial charge is 0.337 e. The van der Waals surface area contributed by atoms with Gasteiger partial charge in [-0.25, -0.2) is 0 Å². The average molecular weight is 270 g/mol. The van der Waals surface area contributed by atoms with Crippen LogP contribution < -0.4 is 5.32 Å². The second-order valence-corrected chi connectivity index (χ2v) is 4.96. The number of nitrogens with one attached hydrogen (secondary N) is 2. The van der Waals surface area contributed by atoms with Crippen LogP contribution in [0.25, 0.3) is 11.1 Å². The fraction of sp³-hybridized carbons (Fsp3) is 0.333. The fourth-order valence-corrected chi connectivity index (χ4v) is 2.47. The lowest BCUT2D eigenvalue weighted by atomic mass is 10.1. The summed E-state index contributed by atoms with van der Waals surface area (Å²) >= 11 is 0. The van der Waals surface area contributed by atoms with Crippen molar-refractivity contribution in [3.05, 3.63) is 42.2 Å². The van der Waals surface area contributed by atoms with Gasteiger partial charge in [0.05, 0.1) is 6.20 Å². The number of amides is 1. The third-order valence-corrected chi connectivity index (χ3v) is 3.57. The summed E-state index contributed by atoms with van der Waals surface area (Å²) in [5.74, 6) is 0.110. The number of carbonyl (C=O) groups is 1. The highest BCUT2D eigenvalue weighted by atomic mass is 16.2. The van der Waals surface area contributed by atoms with Crippen LogP contribution in [-0.2, 0) is 0 Å². The van der Waals surface area contributed by atoms with Crippen LogP contribution in [0.15, 0.2) is 36.7 Å². The van der Waals surface area contributed by atoms with Gasteiger partial charge in [0, 0.05) is 37.0 Å². The van der Waals surface area contributed by atoms with Gasteiger partial charge in [0.1, 0.15) is 0 Å². The Balaban J connectivity index is 1.82. The normalized spacial score (nSPS) is 15.9. The SMILES string of the molecule is O=C(c1cccc(-c2cn[nH]c2)c1)N1CCCNCC1. The smallest absolute Gasteiger partial charge is 0.253 e. The van der Waals surface area contributed by atoms with Crippen molar-refractivity contribution in [3.8, 4) is 11.1 Å². The summed E-state index contributed by atoms with van der Waals surface area (Å²) in [4.78, 5) is 14.5. The van der Waals surface area contributed by atoms with E-state index in [1.54, 1.807) is 6.20 Å². The van der Waals surface area contributed by atoms with Crippen LogP contribution in [-0.4, -0.2) is 47.2 Å². The summed E-state index contributed by atoms with van der Waals surface area (Å²) in [6.07, 6.45) is 4.60. The molecule has 5 nitrogen and oxygen atoms in total. The predicted octanol–water partition coefficient (Wildman–Crippen LogP) is 1.51. The Kier molecular flexibility index (Phi) is 3.78. The van der Waals surface area contributed by atoms with Gasteiger partial charge in [-0.3, -0.25) is 9.89 Å². The van der Waals surface area contributed by atoms with E-state index < -0.39 is 0 Å². The van der Waals surface area contributed by atoms with Gasteiger partial charge in [-0.1, -0.05) is 12.1 Å². The first kappa shape index (κ1) is 12.9. The minimum atomic E-state index is 0.110. The highest BCUT2D eigenvalue weighted by molar-refractivity contribution is 5.95. The Bertz CT molecular complexity index is 571. The van der Waals surface area contributed by atoms with Crippen molar-refractivity contribution in [1.29, 1.82) is 0 Å². The van der Waals surface area contributed by atoms with Gasteiger partial charge in [0.15, 0.2) is 0 Å². The molecule has 1 amide bonds. The molecule has 0 aliphatic carbocycles. The van der Waals surface area contributed by atoms with E-state index >= 15 is 0 Å². The van der Waals surface area contributed by atoms with Crippen LogP contribution in [0.1, 0.15) is 16.8 Å². The van der Waals surface area contributed by atoms with Crippen molar-refractivity contribution >= 4 is 5.91 Å². The monoisotopic (exact) mass is 270 g/mol. The van der Waals surface area contributed by atoms with Crippen molar-refractivity contribution in [1.82, 2.24) is 20.4 Å². The van der Waals surface area contributed by atoms with Crippen LogP contribution in [0, 0.1) is 0 Å². The zero-order valence-corrected chi connectivity index (χ0v) is 11.3. The van der Waals surface area contributed by atoms with E-state index in [4.69, 9.17) is 0 Å². The number of rotatable bonds is 2. The van der Waals surface area contributed by atoms with Gasteiger partial charge < -0.3 is 10.2 Å². The number of carbonyl (C=O) groups excluding carboxylic acids is 1. The van der Waals surface area contributed by atoms with Gasteiger partial charge in [0.2, 0.25) is 0 Å². The number of hydrogen-bond donors (Lipinski definition) is 2. The summed E-state index contributed by atoms with van der Waals surface area (Å²) in [6, 6.07) is 7.73. The maximum Gasteiger partial charge on any atom is 0.253 e. The molecule has 2 N–H and O–H groups in total. The quantitative estimate of drug-likeness (QED) is 0.869. The number of hydrogen-bond acceptors (Lipinski definition) is 3. The molecule has 2 aromatic rings. The average Bonchev–Trinajstić information content (AvgIpc) is 2.89.